The van der Waals surface area contributed by atoms with Crippen LogP contribution in [0.25, 0.3) is 0 Å². The number of esters is 2. The van der Waals surface area contributed by atoms with Crippen molar-refractivity contribution in [2.75, 3.05) is 12.4 Å². The van der Waals surface area contributed by atoms with E-state index in [4.69, 9.17) is 20.6 Å². The minimum Gasteiger partial charge on any atom is -0.465 e. The number of cyclic esters (lactones) is 1. The monoisotopic (exact) mass is 310 g/mol. The Morgan fingerprint density at radius 1 is 1.63 bits per heavy atom. The molecule has 2 atom stereocenters. The summed E-state index contributed by atoms with van der Waals surface area (Å²) in [6, 6.07) is 0. The molecule has 1 heterocycles. The van der Waals surface area contributed by atoms with Crippen molar-refractivity contribution in [1.29, 1.82) is 5.41 Å². The predicted molar refractivity (Wildman–Crippen MR) is 75.5 cm³/mol. The molecule has 1 rings (SSSR count). The van der Waals surface area contributed by atoms with Gasteiger partial charge in [0.15, 0.2) is 10.6 Å². The van der Waals surface area contributed by atoms with Gasteiger partial charge in [0.05, 0.1) is 6.61 Å². The number of halogens is 1. The molecular formula is C11H19ClN2O4S. The summed E-state index contributed by atoms with van der Waals surface area (Å²) in [6.07, 6.45) is 0.253. The molecule has 0 aromatic carbocycles. The molecule has 1 aliphatic rings. The van der Waals surface area contributed by atoms with Gasteiger partial charge in [-0.05, 0) is 13.3 Å². The van der Waals surface area contributed by atoms with E-state index in [1.165, 1.54) is 0 Å². The number of carbonyl (C=O) groups excluding carboxylic acids is 2. The van der Waals surface area contributed by atoms with Gasteiger partial charge in [0.25, 0.3) is 0 Å². The topological polar surface area (TPSA) is 102 Å². The van der Waals surface area contributed by atoms with Crippen molar-refractivity contribution in [3.63, 3.8) is 0 Å². The average molecular weight is 311 g/mol. The van der Waals surface area contributed by atoms with Crippen LogP contribution in [0, 0.1) is 10.8 Å². The van der Waals surface area contributed by atoms with Crippen LogP contribution in [-0.4, -0.2) is 35.6 Å². The molecule has 0 aliphatic carbocycles. The van der Waals surface area contributed by atoms with Crippen molar-refractivity contribution in [2.45, 2.75) is 32.8 Å². The maximum atomic E-state index is 11.9. The summed E-state index contributed by atoms with van der Waals surface area (Å²) in [7, 11) is 0. The minimum atomic E-state index is -1.18. The van der Waals surface area contributed by atoms with Crippen molar-refractivity contribution in [3.05, 3.63) is 0 Å². The highest BCUT2D eigenvalue weighted by Gasteiger charge is 2.54. The van der Waals surface area contributed by atoms with Crippen LogP contribution in [0.1, 0.15) is 26.7 Å². The Bertz CT molecular complexity index is 367. The zero-order chi connectivity index (χ0) is 13.8. The van der Waals surface area contributed by atoms with Gasteiger partial charge in [-0.1, -0.05) is 18.7 Å². The third-order valence-electron chi connectivity index (χ3n) is 2.94. The zero-order valence-corrected chi connectivity index (χ0v) is 12.6. The Hall–Kier alpha value is -0.950. The van der Waals surface area contributed by atoms with E-state index >= 15 is 0 Å². The molecule has 19 heavy (non-hydrogen) atoms. The van der Waals surface area contributed by atoms with Gasteiger partial charge >= 0.3 is 11.9 Å². The summed E-state index contributed by atoms with van der Waals surface area (Å²) in [6.45, 7) is 3.70. The Balaban J connectivity index is 0.00000324. The fourth-order valence-corrected chi connectivity index (χ4v) is 2.47. The molecule has 2 unspecified atom stereocenters. The number of thioether (sulfide) groups is 1. The summed E-state index contributed by atoms with van der Waals surface area (Å²) in [5.41, 5.74) is 4.04. The van der Waals surface area contributed by atoms with Gasteiger partial charge in [0.2, 0.25) is 0 Å². The van der Waals surface area contributed by atoms with Crippen molar-refractivity contribution < 1.29 is 19.1 Å². The van der Waals surface area contributed by atoms with Gasteiger partial charge in [0.1, 0.15) is 6.10 Å². The van der Waals surface area contributed by atoms with Crippen LogP contribution in [0.15, 0.2) is 0 Å². The van der Waals surface area contributed by atoms with Gasteiger partial charge in [-0.15, -0.1) is 12.4 Å². The second kappa shape index (κ2) is 7.59. The molecule has 1 fully saturated rings. The van der Waals surface area contributed by atoms with E-state index in [0.29, 0.717) is 18.6 Å². The first-order chi connectivity index (χ1) is 8.46. The SMILES string of the molecule is CCOC(=O)C1(CC)CC(CSC(=N)N)OC1=O.Cl. The van der Waals surface area contributed by atoms with Gasteiger partial charge in [-0.3, -0.25) is 15.0 Å². The quantitative estimate of drug-likeness (QED) is 0.343. The van der Waals surface area contributed by atoms with E-state index < -0.39 is 23.5 Å². The van der Waals surface area contributed by atoms with E-state index in [-0.39, 0.29) is 24.2 Å². The van der Waals surface area contributed by atoms with Crippen LogP contribution in [0.4, 0.5) is 0 Å². The Morgan fingerprint density at radius 2 is 2.26 bits per heavy atom. The fraction of sp³-hybridized carbons (Fsp3) is 0.727. The van der Waals surface area contributed by atoms with Crippen LogP contribution in [-0.2, 0) is 19.1 Å². The zero-order valence-electron chi connectivity index (χ0n) is 10.9. The van der Waals surface area contributed by atoms with Crippen molar-refractivity contribution in [1.82, 2.24) is 0 Å². The van der Waals surface area contributed by atoms with Crippen LogP contribution in [0.2, 0.25) is 0 Å². The summed E-state index contributed by atoms with van der Waals surface area (Å²) in [4.78, 5) is 23.8. The maximum Gasteiger partial charge on any atom is 0.323 e. The number of carbonyl (C=O) groups is 2. The molecule has 6 nitrogen and oxygen atoms in total. The first kappa shape index (κ1) is 18.0. The van der Waals surface area contributed by atoms with E-state index in [1.807, 2.05) is 0 Å². The molecule has 1 saturated heterocycles. The lowest BCUT2D eigenvalue weighted by Gasteiger charge is -2.20. The third kappa shape index (κ3) is 4.01. The number of nitrogens with two attached hydrogens (primary N) is 1. The summed E-state index contributed by atoms with van der Waals surface area (Å²) in [5.74, 6) is -0.659. The Labute approximate surface area is 122 Å². The third-order valence-corrected chi connectivity index (χ3v) is 3.78. The molecule has 0 radical (unpaired) electrons. The van der Waals surface area contributed by atoms with E-state index in [0.717, 1.165) is 11.8 Å². The molecule has 0 saturated carbocycles. The van der Waals surface area contributed by atoms with Crippen molar-refractivity contribution in [3.8, 4) is 0 Å². The van der Waals surface area contributed by atoms with Gasteiger partial charge in [-0.25, -0.2) is 0 Å². The highest BCUT2D eigenvalue weighted by molar-refractivity contribution is 8.13. The molecule has 0 aromatic heterocycles. The first-order valence-electron chi connectivity index (χ1n) is 5.81. The van der Waals surface area contributed by atoms with Crippen LogP contribution in [0.5, 0.6) is 0 Å². The number of nitrogens with one attached hydrogen (secondary N) is 1. The number of amidine groups is 1. The van der Waals surface area contributed by atoms with E-state index in [9.17, 15) is 9.59 Å². The molecule has 0 amide bonds. The number of ether oxygens (including phenoxy) is 2. The fourth-order valence-electron chi connectivity index (χ4n) is 1.92. The molecule has 0 aromatic rings. The molecule has 1 aliphatic heterocycles. The first-order valence-corrected chi connectivity index (χ1v) is 6.80. The van der Waals surface area contributed by atoms with Gasteiger partial charge in [-0.2, -0.15) is 0 Å². The molecule has 0 spiro atoms. The normalized spacial score (nSPS) is 25.4. The Kier molecular flexibility index (Phi) is 7.21. The lowest BCUT2D eigenvalue weighted by molar-refractivity contribution is -0.165. The standard InChI is InChI=1S/C11H18N2O4S.ClH/c1-3-11(8(14)16-4-2)5-7(17-9(11)15)6-18-10(12)13;/h7H,3-6H2,1-2H3,(H3,12,13);1H. The maximum absolute atomic E-state index is 11.9. The second-order valence-corrected chi connectivity index (χ2v) is 5.12. The van der Waals surface area contributed by atoms with Crippen molar-refractivity contribution in [2.24, 2.45) is 11.1 Å². The van der Waals surface area contributed by atoms with Crippen molar-refractivity contribution >= 4 is 41.3 Å². The summed E-state index contributed by atoms with van der Waals surface area (Å²) < 4.78 is 10.1. The number of rotatable bonds is 5. The van der Waals surface area contributed by atoms with Gasteiger partial charge in [0, 0.05) is 12.2 Å². The summed E-state index contributed by atoms with van der Waals surface area (Å²) in [5, 5.41) is 7.08. The van der Waals surface area contributed by atoms with E-state index in [2.05, 4.69) is 0 Å². The molecule has 3 N–H and O–H groups in total. The van der Waals surface area contributed by atoms with E-state index in [1.54, 1.807) is 13.8 Å². The number of hydrogen-bond donors (Lipinski definition) is 2. The highest BCUT2D eigenvalue weighted by Crippen LogP contribution is 2.39. The second-order valence-electron chi connectivity index (χ2n) is 4.06. The largest absolute Gasteiger partial charge is 0.465 e. The van der Waals surface area contributed by atoms with Crippen LogP contribution >= 0.6 is 24.2 Å². The van der Waals surface area contributed by atoms with Crippen LogP contribution in [0.3, 0.4) is 0 Å². The molecule has 0 bridgehead atoms. The summed E-state index contributed by atoms with van der Waals surface area (Å²) >= 11 is 1.10. The number of hydrogen-bond acceptors (Lipinski definition) is 6. The van der Waals surface area contributed by atoms with Crippen LogP contribution < -0.4 is 5.73 Å². The van der Waals surface area contributed by atoms with Gasteiger partial charge < -0.3 is 15.2 Å². The molecular weight excluding hydrogens is 292 g/mol. The average Bonchev–Trinajstić information content (AvgIpc) is 2.64. The molecule has 110 valence electrons. The molecule has 8 heteroatoms. The lowest BCUT2D eigenvalue weighted by Crippen LogP contribution is -2.36. The smallest absolute Gasteiger partial charge is 0.323 e. The highest BCUT2D eigenvalue weighted by atomic mass is 35.5. The minimum absolute atomic E-state index is 0. The Morgan fingerprint density at radius 3 is 2.74 bits per heavy atom. The lowest BCUT2D eigenvalue weighted by atomic mass is 9.82. The predicted octanol–water partition coefficient (Wildman–Crippen LogP) is 1.31.